The molecule has 3 rings (SSSR count). The summed E-state index contributed by atoms with van der Waals surface area (Å²) in [4.78, 5) is 26.7. The van der Waals surface area contributed by atoms with Crippen LogP contribution in [0.2, 0.25) is 0 Å². The van der Waals surface area contributed by atoms with Gasteiger partial charge >= 0.3 is 0 Å². The molecule has 0 aromatic heterocycles. The Morgan fingerprint density at radius 1 is 0.833 bits per heavy atom. The lowest BCUT2D eigenvalue weighted by Gasteiger charge is -2.21. The molecule has 0 aliphatic heterocycles. The fourth-order valence-electron chi connectivity index (χ4n) is 3.19. The predicted octanol–water partition coefficient (Wildman–Crippen LogP) is 4.12. The Balaban J connectivity index is 1.48. The summed E-state index contributed by atoms with van der Waals surface area (Å²) in [6.45, 7) is 3.50. The van der Waals surface area contributed by atoms with Crippen molar-refractivity contribution in [3.63, 3.8) is 0 Å². The number of carbonyl (C=O) groups is 2. The molecule has 30 heavy (non-hydrogen) atoms. The SMILES string of the molecule is CCN(C(=O)c1ccc(NC(=O)CNCCc2ccccc2)cc1)c1ccccc1. The zero-order valence-corrected chi connectivity index (χ0v) is 17.2. The Morgan fingerprint density at radius 2 is 1.47 bits per heavy atom. The third-order valence-corrected chi connectivity index (χ3v) is 4.76. The second-order valence-corrected chi connectivity index (χ2v) is 6.92. The molecule has 0 radical (unpaired) electrons. The van der Waals surface area contributed by atoms with Crippen LogP contribution >= 0.6 is 0 Å². The van der Waals surface area contributed by atoms with Gasteiger partial charge in [-0.1, -0.05) is 48.5 Å². The molecule has 2 amide bonds. The fourth-order valence-corrected chi connectivity index (χ4v) is 3.19. The van der Waals surface area contributed by atoms with Gasteiger partial charge in [0.15, 0.2) is 0 Å². The zero-order chi connectivity index (χ0) is 21.2. The van der Waals surface area contributed by atoms with Crippen LogP contribution < -0.4 is 15.5 Å². The van der Waals surface area contributed by atoms with Gasteiger partial charge in [0.2, 0.25) is 5.91 Å². The van der Waals surface area contributed by atoms with E-state index in [1.165, 1.54) is 5.56 Å². The van der Waals surface area contributed by atoms with E-state index in [1.54, 1.807) is 29.2 Å². The lowest BCUT2D eigenvalue weighted by molar-refractivity contribution is -0.115. The topological polar surface area (TPSA) is 61.4 Å². The number of rotatable bonds is 9. The molecule has 3 aromatic carbocycles. The van der Waals surface area contributed by atoms with Crippen LogP contribution in [0.1, 0.15) is 22.8 Å². The number of para-hydroxylation sites is 1. The number of hydrogen-bond donors (Lipinski definition) is 2. The number of carbonyl (C=O) groups excluding carboxylic acids is 2. The average Bonchev–Trinajstić information content (AvgIpc) is 2.79. The fraction of sp³-hybridized carbons (Fsp3) is 0.200. The monoisotopic (exact) mass is 401 g/mol. The third kappa shape index (κ3) is 6.03. The maximum atomic E-state index is 12.8. The highest BCUT2D eigenvalue weighted by Gasteiger charge is 2.15. The van der Waals surface area contributed by atoms with Crippen molar-refractivity contribution >= 4 is 23.2 Å². The second-order valence-electron chi connectivity index (χ2n) is 6.92. The molecule has 5 nitrogen and oxygen atoms in total. The van der Waals surface area contributed by atoms with E-state index in [1.807, 2.05) is 55.5 Å². The molecule has 0 unspecified atom stereocenters. The van der Waals surface area contributed by atoms with E-state index in [4.69, 9.17) is 0 Å². The van der Waals surface area contributed by atoms with Gasteiger partial charge in [0.05, 0.1) is 6.54 Å². The summed E-state index contributed by atoms with van der Waals surface area (Å²) in [7, 11) is 0. The van der Waals surface area contributed by atoms with Gasteiger partial charge in [-0.25, -0.2) is 0 Å². The van der Waals surface area contributed by atoms with Crippen molar-refractivity contribution < 1.29 is 9.59 Å². The van der Waals surface area contributed by atoms with Crippen molar-refractivity contribution in [1.82, 2.24) is 5.32 Å². The van der Waals surface area contributed by atoms with E-state index in [-0.39, 0.29) is 18.4 Å². The molecule has 2 N–H and O–H groups in total. The summed E-state index contributed by atoms with van der Waals surface area (Å²) < 4.78 is 0. The molecule has 0 atom stereocenters. The van der Waals surface area contributed by atoms with Crippen molar-refractivity contribution in [2.75, 3.05) is 29.9 Å². The van der Waals surface area contributed by atoms with Crippen molar-refractivity contribution in [3.8, 4) is 0 Å². The lowest BCUT2D eigenvalue weighted by Crippen LogP contribution is -2.30. The van der Waals surface area contributed by atoms with Gasteiger partial charge in [-0.2, -0.15) is 0 Å². The first kappa shape index (κ1) is 21.3. The second kappa shape index (κ2) is 10.9. The Bertz CT molecular complexity index is 941. The average molecular weight is 402 g/mol. The van der Waals surface area contributed by atoms with Gasteiger partial charge in [0.1, 0.15) is 0 Å². The van der Waals surface area contributed by atoms with Crippen LogP contribution in [0, 0.1) is 0 Å². The van der Waals surface area contributed by atoms with Gasteiger partial charge < -0.3 is 15.5 Å². The summed E-state index contributed by atoms with van der Waals surface area (Å²) in [5, 5.41) is 6.01. The van der Waals surface area contributed by atoms with E-state index in [0.717, 1.165) is 18.7 Å². The highest BCUT2D eigenvalue weighted by atomic mass is 16.2. The Labute approximate surface area is 177 Å². The van der Waals surface area contributed by atoms with E-state index in [0.29, 0.717) is 17.8 Å². The van der Waals surface area contributed by atoms with Gasteiger partial charge in [-0.3, -0.25) is 9.59 Å². The van der Waals surface area contributed by atoms with E-state index >= 15 is 0 Å². The molecule has 0 saturated carbocycles. The normalized spacial score (nSPS) is 10.4. The highest BCUT2D eigenvalue weighted by Crippen LogP contribution is 2.18. The van der Waals surface area contributed by atoms with Crippen molar-refractivity contribution in [3.05, 3.63) is 96.1 Å². The molecular weight excluding hydrogens is 374 g/mol. The van der Waals surface area contributed by atoms with Crippen molar-refractivity contribution in [2.45, 2.75) is 13.3 Å². The molecule has 0 aliphatic rings. The van der Waals surface area contributed by atoms with Gasteiger partial charge in [0, 0.05) is 23.5 Å². The molecule has 5 heteroatoms. The van der Waals surface area contributed by atoms with Gasteiger partial charge in [-0.15, -0.1) is 0 Å². The van der Waals surface area contributed by atoms with Crippen LogP contribution in [0.15, 0.2) is 84.9 Å². The zero-order valence-electron chi connectivity index (χ0n) is 17.2. The van der Waals surface area contributed by atoms with Crippen molar-refractivity contribution in [2.24, 2.45) is 0 Å². The van der Waals surface area contributed by atoms with Crippen LogP contribution in [0.4, 0.5) is 11.4 Å². The van der Waals surface area contributed by atoms with Crippen LogP contribution in [-0.4, -0.2) is 31.4 Å². The maximum absolute atomic E-state index is 12.8. The minimum absolute atomic E-state index is 0.0656. The summed E-state index contributed by atoms with van der Waals surface area (Å²) >= 11 is 0. The number of hydrogen-bond acceptors (Lipinski definition) is 3. The highest BCUT2D eigenvalue weighted by molar-refractivity contribution is 6.06. The number of nitrogens with zero attached hydrogens (tertiary/aromatic N) is 1. The van der Waals surface area contributed by atoms with Gasteiger partial charge in [-0.05, 0) is 61.9 Å². The summed E-state index contributed by atoms with van der Waals surface area (Å²) in [6.07, 6.45) is 0.875. The molecule has 0 bridgehead atoms. The Kier molecular flexibility index (Phi) is 7.75. The Morgan fingerprint density at radius 3 is 2.10 bits per heavy atom. The first-order chi connectivity index (χ1) is 14.7. The number of benzene rings is 3. The van der Waals surface area contributed by atoms with Crippen molar-refractivity contribution in [1.29, 1.82) is 0 Å². The third-order valence-electron chi connectivity index (χ3n) is 4.76. The number of anilines is 2. The standard InChI is InChI=1S/C25H27N3O2/c1-2-28(23-11-7-4-8-12-23)25(30)21-13-15-22(16-14-21)27-24(29)19-26-18-17-20-9-5-3-6-10-20/h3-16,26H,2,17-19H2,1H3,(H,27,29). The molecule has 0 saturated heterocycles. The number of amides is 2. The van der Waals surface area contributed by atoms with Crippen LogP contribution in [0.3, 0.4) is 0 Å². The molecule has 0 fully saturated rings. The van der Waals surface area contributed by atoms with E-state index in [9.17, 15) is 9.59 Å². The molecule has 0 aliphatic carbocycles. The molecule has 0 spiro atoms. The molecular formula is C25H27N3O2. The molecule has 3 aromatic rings. The molecule has 154 valence electrons. The summed E-state index contributed by atoms with van der Waals surface area (Å²) in [5.74, 6) is -0.175. The first-order valence-corrected chi connectivity index (χ1v) is 10.2. The Hall–Kier alpha value is -3.44. The van der Waals surface area contributed by atoms with Crippen LogP contribution in [-0.2, 0) is 11.2 Å². The maximum Gasteiger partial charge on any atom is 0.258 e. The number of nitrogens with one attached hydrogen (secondary N) is 2. The quantitative estimate of drug-likeness (QED) is 0.530. The predicted molar refractivity (Wildman–Crippen MR) is 122 cm³/mol. The lowest BCUT2D eigenvalue weighted by atomic mass is 10.1. The summed E-state index contributed by atoms with van der Waals surface area (Å²) in [5.41, 5.74) is 3.36. The minimum Gasteiger partial charge on any atom is -0.325 e. The van der Waals surface area contributed by atoms with Crippen LogP contribution in [0.25, 0.3) is 0 Å². The summed E-state index contributed by atoms with van der Waals surface area (Å²) in [6, 6.07) is 26.7. The first-order valence-electron chi connectivity index (χ1n) is 10.2. The smallest absolute Gasteiger partial charge is 0.258 e. The van der Waals surface area contributed by atoms with E-state index in [2.05, 4.69) is 22.8 Å². The largest absolute Gasteiger partial charge is 0.325 e. The molecule has 0 heterocycles. The van der Waals surface area contributed by atoms with Gasteiger partial charge in [0.25, 0.3) is 5.91 Å². The minimum atomic E-state index is -0.110. The van der Waals surface area contributed by atoms with Crippen LogP contribution in [0.5, 0.6) is 0 Å². The van der Waals surface area contributed by atoms with E-state index < -0.39 is 0 Å².